The van der Waals surface area contributed by atoms with Crippen molar-refractivity contribution in [1.82, 2.24) is 20.6 Å². The summed E-state index contributed by atoms with van der Waals surface area (Å²) in [5, 5.41) is 17.4. The van der Waals surface area contributed by atoms with Gasteiger partial charge in [0.1, 0.15) is 5.70 Å². The molecule has 4 amide bonds. The van der Waals surface area contributed by atoms with Crippen molar-refractivity contribution in [3.8, 4) is 5.88 Å². The molecular formula is C39H30N6O4. The van der Waals surface area contributed by atoms with Crippen LogP contribution in [0.4, 0.5) is 10.5 Å². The number of aliphatic imine (C=N–C) groups is 1. The minimum Gasteiger partial charge on any atom is -0.494 e. The number of fused-ring (bicyclic) bond motifs is 1. The van der Waals surface area contributed by atoms with Crippen LogP contribution in [0.5, 0.6) is 5.88 Å². The van der Waals surface area contributed by atoms with Gasteiger partial charge in [-0.25, -0.2) is 9.69 Å². The monoisotopic (exact) mass is 646 g/mol. The molecule has 0 radical (unpaired) electrons. The van der Waals surface area contributed by atoms with Gasteiger partial charge in [0.05, 0.1) is 23.5 Å². The molecule has 7 rings (SSSR count). The van der Waals surface area contributed by atoms with E-state index in [-0.39, 0.29) is 24.0 Å². The van der Waals surface area contributed by atoms with Crippen LogP contribution in [-0.4, -0.2) is 38.6 Å². The zero-order valence-electron chi connectivity index (χ0n) is 26.1. The van der Waals surface area contributed by atoms with E-state index in [0.29, 0.717) is 40.0 Å². The highest BCUT2D eigenvalue weighted by atomic mass is 16.3. The van der Waals surface area contributed by atoms with Crippen LogP contribution >= 0.6 is 0 Å². The van der Waals surface area contributed by atoms with Crippen molar-refractivity contribution in [3.63, 3.8) is 0 Å². The Labute approximate surface area is 281 Å². The van der Waals surface area contributed by atoms with Crippen molar-refractivity contribution in [1.29, 1.82) is 0 Å². The number of urea groups is 1. The molecule has 240 valence electrons. The van der Waals surface area contributed by atoms with Gasteiger partial charge in [0.15, 0.2) is 5.88 Å². The molecule has 1 aliphatic heterocycles. The summed E-state index contributed by atoms with van der Waals surface area (Å²) in [4.78, 5) is 52.0. The number of benzene rings is 4. The van der Waals surface area contributed by atoms with Crippen LogP contribution in [-0.2, 0) is 17.9 Å². The van der Waals surface area contributed by atoms with Crippen molar-refractivity contribution in [3.05, 3.63) is 167 Å². The van der Waals surface area contributed by atoms with Gasteiger partial charge in [-0.05, 0) is 65.2 Å². The second-order valence-corrected chi connectivity index (χ2v) is 11.4. The largest absolute Gasteiger partial charge is 0.494 e. The van der Waals surface area contributed by atoms with Crippen LogP contribution in [0.1, 0.15) is 38.2 Å². The summed E-state index contributed by atoms with van der Waals surface area (Å²) >= 11 is 0. The second-order valence-electron chi connectivity index (χ2n) is 11.4. The van der Waals surface area contributed by atoms with Crippen LogP contribution in [0.25, 0.3) is 17.0 Å². The number of rotatable bonds is 9. The molecule has 0 atom stereocenters. The molecule has 0 unspecified atom stereocenters. The van der Waals surface area contributed by atoms with E-state index in [1.807, 2.05) is 60.7 Å². The van der Waals surface area contributed by atoms with Gasteiger partial charge in [-0.2, -0.15) is 0 Å². The Kier molecular flexibility index (Phi) is 8.49. The smallest absolute Gasteiger partial charge is 0.333 e. The van der Waals surface area contributed by atoms with E-state index in [1.165, 1.54) is 0 Å². The van der Waals surface area contributed by atoms with Crippen molar-refractivity contribution in [2.45, 2.75) is 13.1 Å². The predicted molar refractivity (Wildman–Crippen MR) is 188 cm³/mol. The topological polar surface area (TPSA) is 140 Å². The van der Waals surface area contributed by atoms with E-state index in [4.69, 9.17) is 4.99 Å². The number of amides is 4. The third-order valence-corrected chi connectivity index (χ3v) is 8.13. The van der Waals surface area contributed by atoms with Gasteiger partial charge in [0, 0.05) is 41.0 Å². The lowest BCUT2D eigenvalue weighted by Crippen LogP contribution is -2.30. The summed E-state index contributed by atoms with van der Waals surface area (Å²) in [6.07, 6.45) is 4.83. The maximum atomic E-state index is 13.1. The van der Waals surface area contributed by atoms with Crippen molar-refractivity contribution >= 4 is 46.2 Å². The normalized spacial score (nSPS) is 14.0. The molecule has 0 aliphatic carbocycles. The number of carbonyl (C=O) groups excluding carboxylic acids is 3. The second kappa shape index (κ2) is 13.5. The van der Waals surface area contributed by atoms with Crippen molar-refractivity contribution in [2.75, 3.05) is 4.90 Å². The Balaban J connectivity index is 1.15. The average Bonchev–Trinajstić information content (AvgIpc) is 3.61. The standard InChI is InChI=1S/C39H30N6O4/c46-36(42-24-26-7-3-1-4-8-26)29-13-16-32-31(22-29)34(37(47)43-32)35(28-9-5-2-6-10-28)41-23-27-11-14-30(15-12-27)45-38(48)33(44-39(45)49)21-25-17-19-40-20-18-25/h1-22,43,47H,23-24H2,(H,42,46)(H,44,49)/b33-21-,41-35?. The number of nitrogens with one attached hydrogen (secondary N) is 3. The summed E-state index contributed by atoms with van der Waals surface area (Å²) in [6, 6.07) is 34.4. The molecule has 49 heavy (non-hydrogen) atoms. The Morgan fingerprint density at radius 1 is 0.837 bits per heavy atom. The first kappa shape index (κ1) is 30.8. The fourth-order valence-electron chi connectivity index (χ4n) is 5.67. The molecule has 6 aromatic rings. The zero-order chi connectivity index (χ0) is 33.7. The molecule has 1 saturated heterocycles. The van der Waals surface area contributed by atoms with Gasteiger partial charge in [-0.1, -0.05) is 72.8 Å². The molecule has 10 nitrogen and oxygen atoms in total. The molecule has 1 fully saturated rings. The Morgan fingerprint density at radius 2 is 1.55 bits per heavy atom. The highest BCUT2D eigenvalue weighted by Gasteiger charge is 2.34. The van der Waals surface area contributed by atoms with Gasteiger partial charge in [-0.15, -0.1) is 0 Å². The number of aromatic hydroxyl groups is 1. The van der Waals surface area contributed by atoms with Crippen LogP contribution in [0, 0.1) is 0 Å². The molecule has 4 aromatic carbocycles. The number of H-pyrrole nitrogens is 1. The Morgan fingerprint density at radius 3 is 2.29 bits per heavy atom. The molecule has 0 bridgehead atoms. The summed E-state index contributed by atoms with van der Waals surface area (Å²) in [5.74, 6) is -0.758. The van der Waals surface area contributed by atoms with E-state index in [0.717, 1.165) is 27.2 Å². The first-order valence-electron chi connectivity index (χ1n) is 15.6. The third-order valence-electron chi connectivity index (χ3n) is 8.13. The Bertz CT molecular complexity index is 2230. The van der Waals surface area contributed by atoms with E-state index < -0.39 is 11.9 Å². The summed E-state index contributed by atoms with van der Waals surface area (Å²) in [5.41, 5.74) is 6.04. The number of aromatic amines is 1. The van der Waals surface area contributed by atoms with Gasteiger partial charge in [0.2, 0.25) is 0 Å². The molecule has 1 aliphatic rings. The van der Waals surface area contributed by atoms with Crippen LogP contribution in [0.3, 0.4) is 0 Å². The van der Waals surface area contributed by atoms with Gasteiger partial charge in [0.25, 0.3) is 11.8 Å². The van der Waals surface area contributed by atoms with E-state index in [1.54, 1.807) is 73.1 Å². The van der Waals surface area contributed by atoms with Crippen LogP contribution in [0.2, 0.25) is 0 Å². The molecule has 0 spiro atoms. The fraction of sp³-hybridized carbons (Fsp3) is 0.0513. The predicted octanol–water partition coefficient (Wildman–Crippen LogP) is 6.33. The van der Waals surface area contributed by atoms with Crippen LogP contribution in [0.15, 0.2) is 138 Å². The number of nitrogens with zero attached hydrogens (tertiary/aromatic N) is 3. The Hall–Kier alpha value is -6.81. The van der Waals surface area contributed by atoms with E-state index in [9.17, 15) is 19.5 Å². The van der Waals surface area contributed by atoms with E-state index in [2.05, 4.69) is 20.6 Å². The lowest BCUT2D eigenvalue weighted by molar-refractivity contribution is -0.113. The summed E-state index contributed by atoms with van der Waals surface area (Å²) in [7, 11) is 0. The molecule has 10 heteroatoms. The first-order chi connectivity index (χ1) is 23.9. The highest BCUT2D eigenvalue weighted by molar-refractivity contribution is 6.28. The fourth-order valence-corrected chi connectivity index (χ4v) is 5.67. The number of anilines is 1. The maximum absolute atomic E-state index is 13.1. The number of aromatic nitrogens is 2. The lowest BCUT2D eigenvalue weighted by Gasteiger charge is -2.12. The van der Waals surface area contributed by atoms with Gasteiger partial charge < -0.3 is 20.7 Å². The SMILES string of the molecule is O=C(NCc1ccccc1)c1ccc2[nH]c(O)c(C(=NCc3ccc(N4C(=O)N/C(=C\c5ccncc5)C4=O)cc3)c3ccccc3)c2c1. The molecule has 0 saturated carbocycles. The molecule has 3 heterocycles. The van der Waals surface area contributed by atoms with Crippen molar-refractivity contribution < 1.29 is 19.5 Å². The number of imide groups is 1. The van der Waals surface area contributed by atoms with Gasteiger partial charge >= 0.3 is 6.03 Å². The first-order valence-corrected chi connectivity index (χ1v) is 15.6. The third kappa shape index (κ3) is 6.56. The summed E-state index contributed by atoms with van der Waals surface area (Å²) in [6.45, 7) is 0.625. The molecule has 4 N–H and O–H groups in total. The van der Waals surface area contributed by atoms with E-state index >= 15 is 0 Å². The van der Waals surface area contributed by atoms with Crippen LogP contribution < -0.4 is 15.5 Å². The highest BCUT2D eigenvalue weighted by Crippen LogP contribution is 2.31. The molecule has 2 aromatic heterocycles. The van der Waals surface area contributed by atoms with Crippen molar-refractivity contribution in [2.24, 2.45) is 4.99 Å². The lowest BCUT2D eigenvalue weighted by atomic mass is 9.99. The minimum atomic E-state index is -0.537. The number of pyridine rings is 1. The number of hydrogen-bond acceptors (Lipinski definition) is 6. The maximum Gasteiger partial charge on any atom is 0.333 e. The average molecular weight is 647 g/mol. The summed E-state index contributed by atoms with van der Waals surface area (Å²) < 4.78 is 0. The zero-order valence-corrected chi connectivity index (χ0v) is 26.1. The molecular weight excluding hydrogens is 616 g/mol. The number of hydrogen-bond donors (Lipinski definition) is 4. The minimum absolute atomic E-state index is 0.0658. The van der Waals surface area contributed by atoms with Gasteiger partial charge in [-0.3, -0.25) is 19.6 Å². The quantitative estimate of drug-likeness (QED) is 0.0826. The number of carbonyl (C=O) groups is 3.